The van der Waals surface area contributed by atoms with Crippen molar-refractivity contribution in [3.05, 3.63) is 17.7 Å². The maximum absolute atomic E-state index is 12.5. The molecule has 1 amide bonds. The molecule has 0 aromatic rings. The van der Waals surface area contributed by atoms with E-state index in [-0.39, 0.29) is 24.6 Å². The number of nitrogens with zero attached hydrogens (tertiary/aromatic N) is 1. The Morgan fingerprint density at radius 1 is 1.47 bits per heavy atom. The molecule has 0 saturated carbocycles. The quantitative estimate of drug-likeness (QED) is 0.543. The molecular weight excluding hydrogens is 241 g/mol. The third-order valence-electron chi connectivity index (χ3n) is 2.34. The van der Waals surface area contributed by atoms with Gasteiger partial charge in [-0.05, 0) is 20.3 Å². The van der Waals surface area contributed by atoms with Crippen molar-refractivity contribution >= 4 is 13.5 Å². The molecule has 96 valence electrons. The molecule has 0 N–H and O–H groups in total. The van der Waals surface area contributed by atoms with E-state index in [9.17, 15) is 9.36 Å². The molecule has 1 aliphatic rings. The van der Waals surface area contributed by atoms with Crippen LogP contribution in [0, 0.1) is 0 Å². The maximum Gasteiger partial charge on any atom is 0.385 e. The standard InChI is InChI=1S/C11H18NO4P/c1-4-11(12-9-7-8-10(12)13)17(14,15-5-2)16-6-3/h1,5-9H2,2-3H3. The van der Waals surface area contributed by atoms with Gasteiger partial charge in [0, 0.05) is 13.0 Å². The maximum atomic E-state index is 12.5. The van der Waals surface area contributed by atoms with Crippen LogP contribution >= 0.6 is 7.60 Å². The summed E-state index contributed by atoms with van der Waals surface area (Å²) < 4.78 is 22.9. The van der Waals surface area contributed by atoms with Crippen LogP contribution in [0.4, 0.5) is 0 Å². The summed E-state index contributed by atoms with van der Waals surface area (Å²) in [6.07, 6.45) is 1.19. The van der Waals surface area contributed by atoms with E-state index in [1.807, 2.05) is 0 Å². The molecule has 0 unspecified atom stereocenters. The van der Waals surface area contributed by atoms with E-state index < -0.39 is 7.60 Å². The summed E-state index contributed by atoms with van der Waals surface area (Å²) in [5, 5.41) is 0. The average molecular weight is 259 g/mol. The minimum absolute atomic E-state index is 0.0872. The highest BCUT2D eigenvalue weighted by Gasteiger charge is 2.38. The van der Waals surface area contributed by atoms with Crippen LogP contribution in [0.2, 0.25) is 0 Å². The van der Waals surface area contributed by atoms with Crippen molar-refractivity contribution < 1.29 is 18.4 Å². The van der Waals surface area contributed by atoms with Crippen molar-refractivity contribution in [2.75, 3.05) is 19.8 Å². The van der Waals surface area contributed by atoms with Crippen molar-refractivity contribution in [3.8, 4) is 0 Å². The Morgan fingerprint density at radius 3 is 2.41 bits per heavy atom. The lowest BCUT2D eigenvalue weighted by Gasteiger charge is -2.24. The minimum atomic E-state index is -3.47. The van der Waals surface area contributed by atoms with Gasteiger partial charge in [0.15, 0.2) is 5.44 Å². The van der Waals surface area contributed by atoms with Gasteiger partial charge >= 0.3 is 7.60 Å². The number of carbonyl (C=O) groups excluding carboxylic acids is 1. The molecular formula is C11H18NO4P. The van der Waals surface area contributed by atoms with Crippen LogP contribution in [0.25, 0.3) is 0 Å². The Kier molecular flexibility index (Phi) is 5.16. The van der Waals surface area contributed by atoms with Crippen LogP contribution in [0.1, 0.15) is 26.7 Å². The molecule has 0 radical (unpaired) electrons. The third-order valence-corrected chi connectivity index (χ3v) is 4.46. The number of amides is 1. The first kappa shape index (κ1) is 14.2. The lowest BCUT2D eigenvalue weighted by Crippen LogP contribution is -2.24. The number of likely N-dealkylation sites (tertiary alicyclic amines) is 1. The molecule has 0 atom stereocenters. The van der Waals surface area contributed by atoms with Crippen LogP contribution in [0.3, 0.4) is 0 Å². The monoisotopic (exact) mass is 259 g/mol. The summed E-state index contributed by atoms with van der Waals surface area (Å²) in [6, 6.07) is 0. The largest absolute Gasteiger partial charge is 0.385 e. The predicted molar refractivity (Wildman–Crippen MR) is 64.5 cm³/mol. The minimum Gasteiger partial charge on any atom is -0.304 e. The molecule has 1 heterocycles. The van der Waals surface area contributed by atoms with E-state index in [0.717, 1.165) is 6.42 Å². The molecule has 1 saturated heterocycles. The lowest BCUT2D eigenvalue weighted by molar-refractivity contribution is -0.125. The van der Waals surface area contributed by atoms with Crippen molar-refractivity contribution in [1.82, 2.24) is 4.90 Å². The van der Waals surface area contributed by atoms with Crippen LogP contribution in [0.15, 0.2) is 17.7 Å². The van der Waals surface area contributed by atoms with Crippen LogP contribution in [-0.2, 0) is 18.4 Å². The zero-order chi connectivity index (χ0) is 12.9. The second-order valence-corrected chi connectivity index (χ2v) is 5.42. The van der Waals surface area contributed by atoms with E-state index in [1.54, 1.807) is 13.8 Å². The van der Waals surface area contributed by atoms with Crippen molar-refractivity contribution in [3.63, 3.8) is 0 Å². The highest BCUT2D eigenvalue weighted by atomic mass is 31.2. The number of carbonyl (C=O) groups is 1. The summed E-state index contributed by atoms with van der Waals surface area (Å²) in [4.78, 5) is 13.0. The summed E-state index contributed by atoms with van der Waals surface area (Å²) in [6.45, 7) is 7.92. The van der Waals surface area contributed by atoms with E-state index >= 15 is 0 Å². The van der Waals surface area contributed by atoms with Gasteiger partial charge in [-0.1, -0.05) is 12.3 Å². The van der Waals surface area contributed by atoms with Crippen molar-refractivity contribution in [2.45, 2.75) is 26.7 Å². The van der Waals surface area contributed by atoms with Crippen molar-refractivity contribution in [1.29, 1.82) is 0 Å². The van der Waals surface area contributed by atoms with Gasteiger partial charge in [0.2, 0.25) is 5.91 Å². The number of hydrogen-bond donors (Lipinski definition) is 0. The van der Waals surface area contributed by atoms with Gasteiger partial charge < -0.3 is 9.05 Å². The Hall–Kier alpha value is -0.860. The average Bonchev–Trinajstić information content (AvgIpc) is 2.66. The third kappa shape index (κ3) is 3.08. The Labute approximate surface area is 102 Å². The molecule has 5 nitrogen and oxygen atoms in total. The molecule has 1 fully saturated rings. The first-order chi connectivity index (χ1) is 8.09. The fraction of sp³-hybridized carbons (Fsp3) is 0.636. The second kappa shape index (κ2) is 6.18. The van der Waals surface area contributed by atoms with Gasteiger partial charge in [-0.2, -0.15) is 0 Å². The zero-order valence-corrected chi connectivity index (χ0v) is 11.2. The molecule has 0 spiro atoms. The van der Waals surface area contributed by atoms with E-state index in [0.29, 0.717) is 13.0 Å². The van der Waals surface area contributed by atoms with Crippen molar-refractivity contribution in [2.24, 2.45) is 0 Å². The van der Waals surface area contributed by atoms with E-state index in [2.05, 4.69) is 12.3 Å². The highest BCUT2D eigenvalue weighted by Crippen LogP contribution is 2.57. The first-order valence-electron chi connectivity index (χ1n) is 5.69. The number of hydrogen-bond acceptors (Lipinski definition) is 4. The molecule has 0 aliphatic carbocycles. The Bertz CT molecular complexity index is 377. The fourth-order valence-electron chi connectivity index (χ4n) is 1.71. The van der Waals surface area contributed by atoms with Crippen LogP contribution < -0.4 is 0 Å². The summed E-state index contributed by atoms with van der Waals surface area (Å²) in [5.41, 5.74) is 2.69. The normalized spacial score (nSPS) is 16.1. The SMILES string of the molecule is C=C=C(N1CCCC1=O)P(=O)(OCC)OCC. The Balaban J connectivity index is 3.02. The summed E-state index contributed by atoms with van der Waals surface area (Å²) >= 11 is 0. The predicted octanol–water partition coefficient (Wildman–Crippen LogP) is 2.50. The smallest absolute Gasteiger partial charge is 0.304 e. The van der Waals surface area contributed by atoms with Crippen LogP contribution in [0.5, 0.6) is 0 Å². The highest BCUT2D eigenvalue weighted by molar-refractivity contribution is 7.58. The molecule has 1 rings (SSSR count). The van der Waals surface area contributed by atoms with E-state index in [1.165, 1.54) is 4.90 Å². The van der Waals surface area contributed by atoms with Crippen LogP contribution in [-0.4, -0.2) is 30.6 Å². The summed E-state index contributed by atoms with van der Waals surface area (Å²) in [5.74, 6) is -0.0872. The molecule has 0 aromatic heterocycles. The zero-order valence-electron chi connectivity index (χ0n) is 10.3. The Morgan fingerprint density at radius 2 is 2.06 bits per heavy atom. The molecule has 1 aliphatic heterocycles. The molecule has 6 heteroatoms. The number of rotatable bonds is 6. The first-order valence-corrected chi connectivity index (χ1v) is 7.23. The van der Waals surface area contributed by atoms with Gasteiger partial charge in [0.25, 0.3) is 0 Å². The van der Waals surface area contributed by atoms with Gasteiger partial charge in [-0.3, -0.25) is 14.3 Å². The molecule has 0 bridgehead atoms. The molecule has 17 heavy (non-hydrogen) atoms. The molecule has 0 aromatic carbocycles. The fourth-order valence-corrected chi connectivity index (χ4v) is 3.41. The van der Waals surface area contributed by atoms with Gasteiger partial charge in [0.05, 0.1) is 13.2 Å². The summed E-state index contributed by atoms with van der Waals surface area (Å²) in [7, 11) is -3.47. The lowest BCUT2D eigenvalue weighted by atomic mass is 10.4. The van der Waals surface area contributed by atoms with Gasteiger partial charge in [-0.25, -0.2) is 0 Å². The van der Waals surface area contributed by atoms with Gasteiger partial charge in [0.1, 0.15) is 0 Å². The van der Waals surface area contributed by atoms with Gasteiger partial charge in [-0.15, -0.1) is 0 Å². The topological polar surface area (TPSA) is 55.8 Å². The van der Waals surface area contributed by atoms with E-state index in [4.69, 9.17) is 9.05 Å². The second-order valence-electron chi connectivity index (χ2n) is 3.48.